The Balaban J connectivity index is 1.78. The van der Waals surface area contributed by atoms with E-state index in [4.69, 9.17) is 14.5 Å². The molecule has 1 fully saturated rings. The Bertz CT molecular complexity index is 1910. The fourth-order valence-corrected chi connectivity index (χ4v) is 6.15. The summed E-state index contributed by atoms with van der Waals surface area (Å²) in [5.41, 5.74) is 0.402. The second-order valence-corrected chi connectivity index (χ2v) is 14.5. The molecule has 1 aromatic carbocycles. The van der Waals surface area contributed by atoms with Gasteiger partial charge in [0.2, 0.25) is 0 Å². The van der Waals surface area contributed by atoms with Gasteiger partial charge in [-0.1, -0.05) is 48.6 Å². The highest BCUT2D eigenvalue weighted by atomic mass is 127. The summed E-state index contributed by atoms with van der Waals surface area (Å²) in [5.74, 6) is -0.260. The Morgan fingerprint density at radius 1 is 1.15 bits per heavy atom. The third-order valence-electron chi connectivity index (χ3n) is 8.20. The fourth-order valence-electron chi connectivity index (χ4n) is 5.93. The molecule has 0 aliphatic carbocycles. The van der Waals surface area contributed by atoms with E-state index in [9.17, 15) is 14.7 Å². The van der Waals surface area contributed by atoms with Crippen LogP contribution in [0.25, 0.3) is 28.0 Å². The van der Waals surface area contributed by atoms with Gasteiger partial charge in [0.15, 0.2) is 11.5 Å². The van der Waals surface area contributed by atoms with Crippen molar-refractivity contribution in [1.82, 2.24) is 24.4 Å². The van der Waals surface area contributed by atoms with Gasteiger partial charge in [-0.25, -0.2) is 23.5 Å². The number of fused-ring (bicyclic) bond motifs is 1. The number of aryl methyl sites for hydroxylation is 1. The van der Waals surface area contributed by atoms with Crippen LogP contribution in [0.3, 0.4) is 0 Å². The number of pyridine rings is 2. The lowest BCUT2D eigenvalue weighted by molar-refractivity contribution is 0.0130. The summed E-state index contributed by atoms with van der Waals surface area (Å²) in [4.78, 5) is 44.9. The van der Waals surface area contributed by atoms with Gasteiger partial charge >= 0.3 is 11.8 Å². The van der Waals surface area contributed by atoms with Crippen molar-refractivity contribution in [3.63, 3.8) is 0 Å². The zero-order valence-corrected chi connectivity index (χ0v) is 30.7. The number of aromatic hydroxyl groups is 1. The highest BCUT2D eigenvalue weighted by molar-refractivity contribution is 14.1. The van der Waals surface area contributed by atoms with Gasteiger partial charge in [-0.3, -0.25) is 4.98 Å². The van der Waals surface area contributed by atoms with Crippen LogP contribution in [-0.4, -0.2) is 77.4 Å². The van der Waals surface area contributed by atoms with Gasteiger partial charge in [-0.2, -0.15) is 4.98 Å². The van der Waals surface area contributed by atoms with Crippen molar-refractivity contribution in [2.75, 3.05) is 29.0 Å². The molecule has 1 aliphatic rings. The molecule has 0 unspecified atom stereocenters. The molecule has 4 aromatic rings. The Hall–Kier alpha value is -4.01. The van der Waals surface area contributed by atoms with E-state index in [0.29, 0.717) is 46.8 Å². The standard InChI is InChI=1S/C35H42FIN6O5/c1-19(2)27-29(26(12-14-38-27)47-15-13-37)43-32-24(16-25(36)28(39-32)23-11-9-10-20(3)30(23)44)31(40-33(43)45)41-17-22(5)42(18-21(41)4)34(46)48-35(6,7)8/h9-12,14,16,19,21-22,44H,13,15,17-18H2,1-8H3/t21-,22+/m0/s1. The van der Waals surface area contributed by atoms with Gasteiger partial charge in [0.05, 0.1) is 17.7 Å². The number of carbonyl (C=O) groups excluding carboxylic acids is 1. The van der Waals surface area contributed by atoms with Gasteiger partial charge in [0.1, 0.15) is 34.3 Å². The monoisotopic (exact) mass is 772 g/mol. The van der Waals surface area contributed by atoms with Crippen LogP contribution in [0.4, 0.5) is 15.0 Å². The first-order valence-electron chi connectivity index (χ1n) is 16.0. The molecule has 4 heterocycles. The molecule has 0 bridgehead atoms. The zero-order valence-electron chi connectivity index (χ0n) is 28.5. The summed E-state index contributed by atoms with van der Waals surface area (Å²) < 4.78 is 30.0. The van der Waals surface area contributed by atoms with Crippen molar-refractivity contribution in [3.8, 4) is 28.4 Å². The summed E-state index contributed by atoms with van der Waals surface area (Å²) in [5, 5.41) is 11.2. The number of halogens is 2. The lowest BCUT2D eigenvalue weighted by Gasteiger charge is -2.44. The van der Waals surface area contributed by atoms with E-state index < -0.39 is 23.2 Å². The number of ether oxygens (including phenoxy) is 2. The molecule has 1 amide bonds. The third-order valence-corrected chi connectivity index (χ3v) is 8.64. The molecule has 13 heteroatoms. The van der Waals surface area contributed by atoms with Gasteiger partial charge in [0, 0.05) is 47.4 Å². The van der Waals surface area contributed by atoms with E-state index in [0.717, 1.165) is 0 Å². The number of hydrogen-bond acceptors (Lipinski definition) is 9. The van der Waals surface area contributed by atoms with Crippen LogP contribution >= 0.6 is 22.6 Å². The van der Waals surface area contributed by atoms with Crippen LogP contribution in [0, 0.1) is 12.7 Å². The van der Waals surface area contributed by atoms with E-state index in [1.165, 1.54) is 10.6 Å². The third kappa shape index (κ3) is 6.92. The molecular weight excluding hydrogens is 730 g/mol. The van der Waals surface area contributed by atoms with E-state index in [-0.39, 0.29) is 51.9 Å². The predicted octanol–water partition coefficient (Wildman–Crippen LogP) is 6.77. The van der Waals surface area contributed by atoms with Gasteiger partial charge < -0.3 is 24.4 Å². The Labute approximate surface area is 293 Å². The van der Waals surface area contributed by atoms with E-state index in [2.05, 4.69) is 32.6 Å². The summed E-state index contributed by atoms with van der Waals surface area (Å²) >= 11 is 2.21. The van der Waals surface area contributed by atoms with E-state index >= 15 is 4.39 Å². The number of aromatic nitrogens is 4. The molecule has 256 valence electrons. The molecule has 48 heavy (non-hydrogen) atoms. The Morgan fingerprint density at radius 2 is 1.88 bits per heavy atom. The quantitative estimate of drug-likeness (QED) is 0.160. The number of piperazine rings is 1. The number of benzene rings is 1. The summed E-state index contributed by atoms with van der Waals surface area (Å²) in [6.07, 6.45) is 1.20. The first-order chi connectivity index (χ1) is 22.6. The van der Waals surface area contributed by atoms with Gasteiger partial charge in [-0.05, 0) is 65.2 Å². The molecule has 0 spiro atoms. The van der Waals surface area contributed by atoms with Gasteiger partial charge in [0.25, 0.3) is 0 Å². The summed E-state index contributed by atoms with van der Waals surface area (Å²) in [6, 6.07) is 7.40. The molecular formula is C35H42FIN6O5. The summed E-state index contributed by atoms with van der Waals surface area (Å²) in [7, 11) is 0. The molecule has 0 radical (unpaired) electrons. The van der Waals surface area contributed by atoms with E-state index in [1.807, 2.05) is 53.4 Å². The molecule has 1 aliphatic heterocycles. The van der Waals surface area contributed by atoms with Crippen LogP contribution < -0.4 is 15.3 Å². The number of nitrogens with zero attached hydrogens (tertiary/aromatic N) is 6. The fraction of sp³-hybridized carbons (Fsp3) is 0.457. The minimum Gasteiger partial charge on any atom is -0.507 e. The topological polar surface area (TPSA) is 123 Å². The Morgan fingerprint density at radius 3 is 2.54 bits per heavy atom. The number of hydrogen-bond donors (Lipinski definition) is 1. The van der Waals surface area contributed by atoms with Gasteiger partial charge in [-0.15, -0.1) is 0 Å². The molecule has 1 saturated heterocycles. The maximum absolute atomic E-state index is 16.2. The number of rotatable bonds is 7. The molecule has 1 N–H and O–H groups in total. The number of alkyl halides is 1. The lowest BCUT2D eigenvalue weighted by atomic mass is 10.0. The number of para-hydroxylation sites is 1. The summed E-state index contributed by atoms with van der Waals surface area (Å²) in [6.45, 7) is 15.9. The van der Waals surface area contributed by atoms with Crippen LogP contribution in [0.15, 0.2) is 41.3 Å². The second-order valence-electron chi connectivity index (χ2n) is 13.4. The Kier molecular flexibility index (Phi) is 10.2. The zero-order chi connectivity index (χ0) is 35.1. The predicted molar refractivity (Wildman–Crippen MR) is 192 cm³/mol. The number of amides is 1. The smallest absolute Gasteiger partial charge is 0.410 e. The minimum absolute atomic E-state index is 0.109. The van der Waals surface area contributed by atoms with Crippen LogP contribution in [-0.2, 0) is 4.74 Å². The number of carbonyl (C=O) groups is 1. The van der Waals surface area contributed by atoms with E-state index in [1.54, 1.807) is 42.3 Å². The SMILES string of the molecule is Cc1cccc(-c2nc3c(cc2F)c(N2C[C@@H](C)N(C(=O)OC(C)(C)C)C[C@@H]2C)nc(=O)n3-c2c(OCCI)ccnc2C(C)C)c1O. The molecule has 2 atom stereocenters. The minimum atomic E-state index is -0.693. The van der Waals surface area contributed by atoms with Crippen LogP contribution in [0.5, 0.6) is 11.5 Å². The second kappa shape index (κ2) is 13.8. The maximum Gasteiger partial charge on any atom is 0.410 e. The van der Waals surface area contributed by atoms with Crippen molar-refractivity contribution >= 4 is 45.5 Å². The van der Waals surface area contributed by atoms with Crippen LogP contribution in [0.1, 0.15) is 65.6 Å². The number of phenolic OH excluding ortho intramolecular Hbond substituents is 1. The maximum atomic E-state index is 16.2. The van der Waals surface area contributed by atoms with Crippen LogP contribution in [0.2, 0.25) is 0 Å². The van der Waals surface area contributed by atoms with Crippen molar-refractivity contribution in [3.05, 3.63) is 64.1 Å². The highest BCUT2D eigenvalue weighted by Crippen LogP contribution is 2.38. The highest BCUT2D eigenvalue weighted by Gasteiger charge is 2.37. The molecule has 3 aromatic heterocycles. The van der Waals surface area contributed by atoms with Crippen molar-refractivity contribution in [2.45, 2.75) is 79.0 Å². The largest absolute Gasteiger partial charge is 0.507 e. The lowest BCUT2D eigenvalue weighted by Crippen LogP contribution is -2.59. The first-order valence-corrected chi connectivity index (χ1v) is 17.5. The molecule has 11 nitrogen and oxygen atoms in total. The normalized spacial score (nSPS) is 16.9. The van der Waals surface area contributed by atoms with Crippen molar-refractivity contribution < 1.29 is 23.8 Å². The average molecular weight is 773 g/mol. The molecule has 0 saturated carbocycles. The number of phenols is 1. The van der Waals surface area contributed by atoms with Crippen molar-refractivity contribution in [2.24, 2.45) is 0 Å². The first kappa shape index (κ1) is 35.3. The average Bonchev–Trinajstić information content (AvgIpc) is 3.01. The number of anilines is 1. The van der Waals surface area contributed by atoms with Crippen molar-refractivity contribution in [1.29, 1.82) is 0 Å². The molecule has 5 rings (SSSR count).